The Morgan fingerprint density at radius 1 is 0.947 bits per heavy atom. The number of hydrogen-bond acceptors (Lipinski definition) is 10. The van der Waals surface area contributed by atoms with Crippen molar-refractivity contribution in [3.05, 3.63) is 47.0 Å². The summed E-state index contributed by atoms with van der Waals surface area (Å²) in [6.07, 6.45) is 0. The molecule has 0 bridgehead atoms. The molecule has 2 saturated heterocycles. The van der Waals surface area contributed by atoms with Crippen molar-refractivity contribution in [2.75, 3.05) is 66.5 Å². The largest absolute Gasteiger partial charge is 0.507 e. The van der Waals surface area contributed by atoms with Gasteiger partial charge in [-0.25, -0.2) is 0 Å². The summed E-state index contributed by atoms with van der Waals surface area (Å²) in [6.45, 7) is 4.38. The Labute approximate surface area is 219 Å². The van der Waals surface area contributed by atoms with E-state index >= 15 is 0 Å². The van der Waals surface area contributed by atoms with Gasteiger partial charge in [0.25, 0.3) is 11.7 Å². The second kappa shape index (κ2) is 10.1. The molecule has 0 spiro atoms. The third kappa shape index (κ3) is 4.27. The predicted octanol–water partition coefficient (Wildman–Crippen LogP) is 1.95. The molecule has 2 aromatic rings. The van der Waals surface area contributed by atoms with Crippen LogP contribution in [0.25, 0.3) is 5.76 Å². The summed E-state index contributed by atoms with van der Waals surface area (Å²) in [7, 11) is 1.51. The fraction of sp³-hybridized carbons (Fsp3) is 0.407. The van der Waals surface area contributed by atoms with Crippen molar-refractivity contribution >= 4 is 17.4 Å². The molecule has 0 aromatic heterocycles. The van der Waals surface area contributed by atoms with Crippen molar-refractivity contribution in [1.29, 1.82) is 0 Å². The Bertz CT molecular complexity index is 1300. The van der Waals surface area contributed by atoms with Gasteiger partial charge in [-0.3, -0.25) is 14.5 Å². The predicted molar refractivity (Wildman–Crippen MR) is 133 cm³/mol. The van der Waals surface area contributed by atoms with Gasteiger partial charge in [0.1, 0.15) is 19.0 Å². The molecule has 2 aromatic carbocycles. The van der Waals surface area contributed by atoms with E-state index in [1.54, 1.807) is 30.3 Å². The molecule has 38 heavy (non-hydrogen) atoms. The Kier molecular flexibility index (Phi) is 6.46. The van der Waals surface area contributed by atoms with Gasteiger partial charge in [0.2, 0.25) is 12.5 Å². The first-order chi connectivity index (χ1) is 18.5. The molecule has 1 N–H and O–H groups in total. The van der Waals surface area contributed by atoms with Crippen LogP contribution in [0.1, 0.15) is 17.2 Å². The van der Waals surface area contributed by atoms with Crippen LogP contribution >= 0.6 is 0 Å². The van der Waals surface area contributed by atoms with Crippen LogP contribution < -0.4 is 23.7 Å². The average molecular weight is 525 g/mol. The van der Waals surface area contributed by atoms with Gasteiger partial charge >= 0.3 is 0 Å². The summed E-state index contributed by atoms with van der Waals surface area (Å²) in [4.78, 5) is 30.5. The molecule has 11 nitrogen and oxygen atoms in total. The molecule has 0 aliphatic carbocycles. The van der Waals surface area contributed by atoms with E-state index in [1.165, 1.54) is 12.0 Å². The van der Waals surface area contributed by atoms with Crippen LogP contribution in [-0.2, 0) is 14.3 Å². The maximum atomic E-state index is 13.5. The zero-order valence-corrected chi connectivity index (χ0v) is 20.9. The maximum Gasteiger partial charge on any atom is 0.295 e. The van der Waals surface area contributed by atoms with Gasteiger partial charge in [-0.2, -0.15) is 0 Å². The Balaban J connectivity index is 1.43. The van der Waals surface area contributed by atoms with Crippen molar-refractivity contribution in [2.45, 2.75) is 6.04 Å². The molecule has 1 amide bonds. The number of hydrogen-bond donors (Lipinski definition) is 1. The molecule has 1 atom stereocenters. The number of rotatable bonds is 6. The minimum Gasteiger partial charge on any atom is -0.507 e. The number of Topliss-reactive ketones (excluding diaryl/α,β-unsaturated/α-hetero) is 1. The molecule has 4 heterocycles. The number of likely N-dealkylation sites (tertiary alicyclic amines) is 1. The van der Waals surface area contributed by atoms with Gasteiger partial charge in [0.05, 0.1) is 31.9 Å². The lowest BCUT2D eigenvalue weighted by molar-refractivity contribution is -0.140. The maximum absolute atomic E-state index is 13.5. The van der Waals surface area contributed by atoms with Crippen molar-refractivity contribution in [3.63, 3.8) is 0 Å². The van der Waals surface area contributed by atoms with Crippen LogP contribution in [0.2, 0.25) is 0 Å². The van der Waals surface area contributed by atoms with Gasteiger partial charge in [-0.15, -0.1) is 0 Å². The molecule has 0 saturated carbocycles. The van der Waals surface area contributed by atoms with Crippen LogP contribution in [-0.4, -0.2) is 93.1 Å². The number of nitrogens with zero attached hydrogens (tertiary/aromatic N) is 2. The third-order valence-corrected chi connectivity index (χ3v) is 7.11. The number of fused-ring (bicyclic) bond motifs is 2. The number of aliphatic hydroxyl groups is 1. The highest BCUT2D eigenvalue weighted by molar-refractivity contribution is 6.46. The van der Waals surface area contributed by atoms with Gasteiger partial charge in [-0.1, -0.05) is 0 Å². The average Bonchev–Trinajstić information content (AvgIpc) is 3.53. The summed E-state index contributed by atoms with van der Waals surface area (Å²) in [5.74, 6) is 0.577. The van der Waals surface area contributed by atoms with E-state index < -0.39 is 17.7 Å². The highest BCUT2D eigenvalue weighted by atomic mass is 16.7. The van der Waals surface area contributed by atoms with E-state index in [4.69, 9.17) is 28.4 Å². The summed E-state index contributed by atoms with van der Waals surface area (Å²) in [6, 6.07) is 7.50. The van der Waals surface area contributed by atoms with E-state index in [0.717, 1.165) is 13.1 Å². The Hall–Kier alpha value is -3.96. The number of ether oxygens (including phenoxy) is 6. The zero-order chi connectivity index (χ0) is 26.2. The van der Waals surface area contributed by atoms with Crippen molar-refractivity contribution in [2.24, 2.45) is 0 Å². The van der Waals surface area contributed by atoms with Crippen LogP contribution in [0.3, 0.4) is 0 Å². The smallest absolute Gasteiger partial charge is 0.295 e. The summed E-state index contributed by atoms with van der Waals surface area (Å²) in [5, 5.41) is 11.5. The van der Waals surface area contributed by atoms with Crippen molar-refractivity contribution in [3.8, 4) is 28.7 Å². The molecule has 2 fully saturated rings. The van der Waals surface area contributed by atoms with Crippen LogP contribution in [0, 0.1) is 0 Å². The number of benzene rings is 2. The van der Waals surface area contributed by atoms with E-state index in [0.29, 0.717) is 72.8 Å². The second-order valence-corrected chi connectivity index (χ2v) is 9.26. The number of ketones is 1. The van der Waals surface area contributed by atoms with E-state index in [1.807, 2.05) is 0 Å². The number of morpholine rings is 1. The number of aliphatic hydroxyl groups excluding tert-OH is 1. The molecule has 11 heteroatoms. The normalized spacial score (nSPS) is 22.1. The number of carbonyl (C=O) groups is 2. The van der Waals surface area contributed by atoms with Gasteiger partial charge in [-0.05, 0) is 35.9 Å². The highest BCUT2D eigenvalue weighted by Crippen LogP contribution is 2.47. The quantitative estimate of drug-likeness (QED) is 0.341. The first-order valence-corrected chi connectivity index (χ1v) is 12.5. The van der Waals surface area contributed by atoms with Crippen molar-refractivity contribution in [1.82, 2.24) is 9.80 Å². The number of amides is 1. The molecule has 200 valence electrons. The van der Waals surface area contributed by atoms with Crippen molar-refractivity contribution < 1.29 is 43.1 Å². The van der Waals surface area contributed by atoms with E-state index in [9.17, 15) is 14.7 Å². The van der Waals surface area contributed by atoms with Crippen LogP contribution in [0.5, 0.6) is 28.7 Å². The fourth-order valence-electron chi connectivity index (χ4n) is 5.19. The highest BCUT2D eigenvalue weighted by Gasteiger charge is 2.47. The molecule has 0 unspecified atom stereocenters. The molecule has 0 radical (unpaired) electrons. The molecular formula is C27H28N2O9. The minimum atomic E-state index is -0.868. The lowest BCUT2D eigenvalue weighted by Crippen LogP contribution is -2.42. The van der Waals surface area contributed by atoms with Gasteiger partial charge in [0.15, 0.2) is 23.0 Å². The molecular weight excluding hydrogens is 496 g/mol. The Morgan fingerprint density at radius 3 is 2.53 bits per heavy atom. The fourth-order valence-corrected chi connectivity index (χ4v) is 5.19. The van der Waals surface area contributed by atoms with Gasteiger partial charge < -0.3 is 38.4 Å². The summed E-state index contributed by atoms with van der Waals surface area (Å²) in [5.41, 5.74) is 0.888. The lowest BCUT2D eigenvalue weighted by Gasteiger charge is -2.31. The second-order valence-electron chi connectivity index (χ2n) is 9.26. The zero-order valence-electron chi connectivity index (χ0n) is 20.9. The van der Waals surface area contributed by atoms with E-state index in [-0.39, 0.29) is 24.7 Å². The van der Waals surface area contributed by atoms with Crippen LogP contribution in [0.4, 0.5) is 0 Å². The first-order valence-electron chi connectivity index (χ1n) is 12.5. The van der Waals surface area contributed by atoms with Crippen LogP contribution in [0.15, 0.2) is 35.9 Å². The summed E-state index contributed by atoms with van der Waals surface area (Å²) >= 11 is 0. The van der Waals surface area contributed by atoms with E-state index in [2.05, 4.69) is 4.90 Å². The minimum absolute atomic E-state index is 0.0189. The SMILES string of the molecule is COc1cc([C@@H]2C(=C(O)c3ccc4c(c3)OCCO4)C(=O)C(=O)N2CCN2CCOCC2)cc2c1OCO2. The number of methoxy groups -OCH3 is 1. The third-order valence-electron chi connectivity index (χ3n) is 7.11. The topological polar surface area (TPSA) is 116 Å². The summed E-state index contributed by atoms with van der Waals surface area (Å²) < 4.78 is 33.3. The molecule has 4 aliphatic rings. The monoisotopic (exact) mass is 524 g/mol. The Morgan fingerprint density at radius 2 is 1.74 bits per heavy atom. The molecule has 4 aliphatic heterocycles. The molecule has 6 rings (SSSR count). The number of carbonyl (C=O) groups excluding carboxylic acids is 2. The standard InChI is InChI=1S/C27H28N2O9/c1-33-20-13-17(14-21-26(20)38-15-37-21)23-22(24(30)16-2-3-18-19(12-16)36-11-10-35-18)25(31)27(32)29(23)5-4-28-6-8-34-9-7-28/h2-3,12-14,23,30H,4-11,15H2,1H3/t23-/m1/s1. The lowest BCUT2D eigenvalue weighted by atomic mass is 9.94. The van der Waals surface area contributed by atoms with Gasteiger partial charge in [0, 0.05) is 31.7 Å². The first kappa shape index (κ1) is 24.4.